The second-order valence-electron chi connectivity index (χ2n) is 4.66. The van der Waals surface area contributed by atoms with Gasteiger partial charge in [0.25, 0.3) is 0 Å². The number of ether oxygens (including phenoxy) is 1. The third-order valence-electron chi connectivity index (χ3n) is 3.35. The summed E-state index contributed by atoms with van der Waals surface area (Å²) in [6.07, 6.45) is -0.199. The highest BCUT2D eigenvalue weighted by atomic mass is 79.9. The fraction of sp³-hybridized carbons (Fsp3) is 0.538. The monoisotopic (exact) mass is 301 g/mol. The molecule has 0 aromatic heterocycles. The van der Waals surface area contributed by atoms with Crippen LogP contribution in [0, 0.1) is 11.7 Å². The Morgan fingerprint density at radius 1 is 1.41 bits per heavy atom. The Morgan fingerprint density at radius 2 is 2.18 bits per heavy atom. The zero-order valence-corrected chi connectivity index (χ0v) is 11.6. The molecule has 1 fully saturated rings. The molecule has 0 amide bonds. The van der Waals surface area contributed by atoms with Crippen LogP contribution in [0.3, 0.4) is 0 Å². The molecule has 3 atom stereocenters. The van der Waals surface area contributed by atoms with Gasteiger partial charge in [-0.15, -0.1) is 0 Å². The van der Waals surface area contributed by atoms with Crippen LogP contribution in [0.25, 0.3) is 0 Å². The minimum atomic E-state index is -0.214. The largest absolute Gasteiger partial charge is 0.372 e. The molecule has 94 valence electrons. The highest BCUT2D eigenvalue weighted by Crippen LogP contribution is 2.26. The van der Waals surface area contributed by atoms with Gasteiger partial charge in [0.2, 0.25) is 0 Å². The van der Waals surface area contributed by atoms with E-state index in [9.17, 15) is 4.39 Å². The Hall–Kier alpha value is -0.450. The fourth-order valence-electron chi connectivity index (χ4n) is 1.93. The van der Waals surface area contributed by atoms with Gasteiger partial charge in [0, 0.05) is 22.6 Å². The van der Waals surface area contributed by atoms with E-state index in [0.717, 1.165) is 4.47 Å². The van der Waals surface area contributed by atoms with Crippen LogP contribution in [0.4, 0.5) is 4.39 Å². The summed E-state index contributed by atoms with van der Waals surface area (Å²) in [5.41, 5.74) is 0.627. The summed E-state index contributed by atoms with van der Waals surface area (Å²) >= 11 is 3.26. The van der Waals surface area contributed by atoms with E-state index in [0.29, 0.717) is 30.7 Å². The first kappa shape index (κ1) is 13.0. The maximum Gasteiger partial charge on any atom is 0.130 e. The number of rotatable bonds is 1. The molecule has 3 unspecified atom stereocenters. The number of hydrogen-bond donors (Lipinski definition) is 1. The number of halogens is 2. The Labute approximate surface area is 110 Å². The van der Waals surface area contributed by atoms with Crippen LogP contribution < -0.4 is 5.32 Å². The Morgan fingerprint density at radius 3 is 2.88 bits per heavy atom. The van der Waals surface area contributed by atoms with Gasteiger partial charge < -0.3 is 10.1 Å². The van der Waals surface area contributed by atoms with Crippen LogP contribution in [0.1, 0.15) is 25.5 Å². The molecule has 0 aliphatic carbocycles. The first-order valence-electron chi connectivity index (χ1n) is 5.88. The van der Waals surface area contributed by atoms with Gasteiger partial charge in [-0.1, -0.05) is 28.9 Å². The van der Waals surface area contributed by atoms with Crippen molar-refractivity contribution in [2.24, 2.45) is 5.92 Å². The summed E-state index contributed by atoms with van der Waals surface area (Å²) in [7, 11) is 0. The van der Waals surface area contributed by atoms with Crippen LogP contribution in [0.15, 0.2) is 22.7 Å². The molecule has 2 nitrogen and oxygen atoms in total. The smallest absolute Gasteiger partial charge is 0.130 e. The van der Waals surface area contributed by atoms with Crippen molar-refractivity contribution in [3.8, 4) is 0 Å². The first-order chi connectivity index (χ1) is 8.08. The first-order valence-corrected chi connectivity index (χ1v) is 6.67. The molecule has 0 spiro atoms. The van der Waals surface area contributed by atoms with E-state index >= 15 is 0 Å². The Balaban J connectivity index is 2.17. The van der Waals surface area contributed by atoms with Crippen molar-refractivity contribution in [2.45, 2.75) is 26.0 Å². The second kappa shape index (κ2) is 5.46. The Kier molecular flexibility index (Phi) is 4.17. The molecule has 1 saturated heterocycles. The average molecular weight is 302 g/mol. The van der Waals surface area contributed by atoms with Crippen LogP contribution in [0.2, 0.25) is 0 Å². The molecule has 17 heavy (non-hydrogen) atoms. The zero-order valence-electron chi connectivity index (χ0n) is 10.0. The van der Waals surface area contributed by atoms with Gasteiger partial charge >= 0.3 is 0 Å². The van der Waals surface area contributed by atoms with Crippen LogP contribution in [0.5, 0.6) is 0 Å². The molecule has 1 aromatic rings. The average Bonchev–Trinajstić information content (AvgIpc) is 2.44. The van der Waals surface area contributed by atoms with E-state index in [-0.39, 0.29) is 11.9 Å². The molecule has 0 saturated carbocycles. The SMILES string of the molecule is CC1COC(c2ccc(Br)cc2F)CNC1C. The van der Waals surface area contributed by atoms with Gasteiger partial charge in [-0.3, -0.25) is 0 Å². The summed E-state index contributed by atoms with van der Waals surface area (Å²) < 4.78 is 20.4. The van der Waals surface area contributed by atoms with Crippen molar-refractivity contribution in [3.05, 3.63) is 34.1 Å². The van der Waals surface area contributed by atoms with Crippen molar-refractivity contribution in [2.75, 3.05) is 13.2 Å². The van der Waals surface area contributed by atoms with E-state index < -0.39 is 0 Å². The normalized spacial score (nSPS) is 30.0. The molecular weight excluding hydrogens is 285 g/mol. The minimum Gasteiger partial charge on any atom is -0.372 e. The van der Waals surface area contributed by atoms with E-state index in [1.807, 2.05) is 6.07 Å². The van der Waals surface area contributed by atoms with Crippen molar-refractivity contribution in [1.29, 1.82) is 0 Å². The highest BCUT2D eigenvalue weighted by molar-refractivity contribution is 9.10. The quantitative estimate of drug-likeness (QED) is 0.859. The summed E-state index contributed by atoms with van der Waals surface area (Å²) in [6, 6.07) is 5.51. The number of nitrogens with one attached hydrogen (secondary N) is 1. The van der Waals surface area contributed by atoms with Gasteiger partial charge in [0.05, 0.1) is 12.7 Å². The second-order valence-corrected chi connectivity index (χ2v) is 5.58. The minimum absolute atomic E-state index is 0.199. The lowest BCUT2D eigenvalue weighted by atomic mass is 10.1. The van der Waals surface area contributed by atoms with Crippen LogP contribution >= 0.6 is 15.9 Å². The summed E-state index contributed by atoms with van der Waals surface area (Å²) in [5.74, 6) is 0.229. The van der Waals surface area contributed by atoms with Gasteiger partial charge in [-0.2, -0.15) is 0 Å². The van der Waals surface area contributed by atoms with E-state index in [4.69, 9.17) is 4.74 Å². The molecule has 4 heteroatoms. The maximum absolute atomic E-state index is 13.8. The molecule has 0 radical (unpaired) electrons. The molecule has 1 N–H and O–H groups in total. The van der Waals surface area contributed by atoms with Crippen molar-refractivity contribution >= 4 is 15.9 Å². The van der Waals surface area contributed by atoms with Gasteiger partial charge in [-0.25, -0.2) is 4.39 Å². The lowest BCUT2D eigenvalue weighted by molar-refractivity contribution is 0.0474. The number of hydrogen-bond acceptors (Lipinski definition) is 2. The zero-order chi connectivity index (χ0) is 12.4. The predicted molar refractivity (Wildman–Crippen MR) is 69.4 cm³/mol. The van der Waals surface area contributed by atoms with Gasteiger partial charge in [0.1, 0.15) is 5.82 Å². The topological polar surface area (TPSA) is 21.3 Å². The third kappa shape index (κ3) is 3.06. The Bertz CT molecular complexity index is 387. The lowest BCUT2D eigenvalue weighted by Gasteiger charge is -2.16. The summed E-state index contributed by atoms with van der Waals surface area (Å²) in [6.45, 7) is 5.59. The third-order valence-corrected chi connectivity index (χ3v) is 3.84. The molecule has 0 bridgehead atoms. The molecule has 1 heterocycles. The van der Waals surface area contributed by atoms with Gasteiger partial charge in [-0.05, 0) is 25.0 Å². The van der Waals surface area contributed by atoms with Crippen molar-refractivity contribution in [3.63, 3.8) is 0 Å². The highest BCUT2D eigenvalue weighted by Gasteiger charge is 2.24. The fourth-order valence-corrected chi connectivity index (χ4v) is 2.26. The summed E-state index contributed by atoms with van der Waals surface area (Å²) in [4.78, 5) is 0. The van der Waals surface area contributed by atoms with E-state index in [1.165, 1.54) is 6.07 Å². The lowest BCUT2D eigenvalue weighted by Crippen LogP contribution is -2.32. The van der Waals surface area contributed by atoms with Crippen molar-refractivity contribution < 1.29 is 9.13 Å². The predicted octanol–water partition coefficient (Wildman–Crippen LogP) is 3.27. The van der Waals surface area contributed by atoms with Crippen LogP contribution in [-0.2, 0) is 4.74 Å². The maximum atomic E-state index is 13.8. The van der Waals surface area contributed by atoms with Crippen molar-refractivity contribution in [1.82, 2.24) is 5.32 Å². The molecular formula is C13H17BrFNO. The summed E-state index contributed by atoms with van der Waals surface area (Å²) in [5, 5.41) is 3.38. The molecule has 1 aliphatic rings. The standard InChI is InChI=1S/C13H17BrFNO/c1-8-7-17-13(6-16-9(8)2)11-4-3-10(14)5-12(11)15/h3-5,8-9,13,16H,6-7H2,1-2H3. The molecule has 1 aromatic carbocycles. The molecule has 2 rings (SSSR count). The van der Waals surface area contributed by atoms with Crippen LogP contribution in [-0.4, -0.2) is 19.2 Å². The van der Waals surface area contributed by atoms with Gasteiger partial charge in [0.15, 0.2) is 0 Å². The van der Waals surface area contributed by atoms with E-state index in [1.54, 1.807) is 6.07 Å². The number of benzene rings is 1. The van der Waals surface area contributed by atoms with E-state index in [2.05, 4.69) is 35.1 Å². The molecule has 1 aliphatic heterocycles.